The maximum atomic E-state index is 12.8. The van der Waals surface area contributed by atoms with Gasteiger partial charge in [-0.3, -0.25) is 19.3 Å². The number of hydrogen-bond acceptors (Lipinski definition) is 4. The zero-order valence-corrected chi connectivity index (χ0v) is 15.1. The summed E-state index contributed by atoms with van der Waals surface area (Å²) in [7, 11) is 0. The number of carbonyl (C=O) groups is 1. The molecule has 4 rings (SSSR count). The number of nitrogens with one attached hydrogen (secondary N) is 1. The maximum absolute atomic E-state index is 12.8. The molecule has 7 heteroatoms. The lowest BCUT2D eigenvalue weighted by Crippen LogP contribution is -2.32. The first kappa shape index (κ1) is 17.0. The first-order chi connectivity index (χ1) is 13.1. The molecule has 27 heavy (non-hydrogen) atoms. The van der Waals surface area contributed by atoms with Crippen LogP contribution in [0.25, 0.3) is 16.6 Å². The van der Waals surface area contributed by atoms with Crippen LogP contribution in [0.5, 0.6) is 0 Å². The summed E-state index contributed by atoms with van der Waals surface area (Å²) in [6, 6.07) is 14.2. The summed E-state index contributed by atoms with van der Waals surface area (Å²) >= 11 is 0. The summed E-state index contributed by atoms with van der Waals surface area (Å²) in [6.07, 6.45) is 1.70. The lowest BCUT2D eigenvalue weighted by molar-refractivity contribution is -0.124. The number of para-hydroxylation sites is 1. The zero-order chi connectivity index (χ0) is 19.0. The van der Waals surface area contributed by atoms with Crippen molar-refractivity contribution in [2.75, 3.05) is 0 Å². The molecule has 3 aromatic heterocycles. The van der Waals surface area contributed by atoms with E-state index in [0.717, 1.165) is 22.3 Å². The zero-order valence-electron chi connectivity index (χ0n) is 15.1. The molecule has 0 bridgehead atoms. The van der Waals surface area contributed by atoms with E-state index in [-0.39, 0.29) is 11.5 Å². The van der Waals surface area contributed by atoms with Crippen molar-refractivity contribution in [3.05, 3.63) is 76.5 Å². The van der Waals surface area contributed by atoms with Gasteiger partial charge in [-0.15, -0.1) is 0 Å². The summed E-state index contributed by atoms with van der Waals surface area (Å²) in [5.41, 5.74) is 2.63. The standard InChI is InChI=1S/C20H19N5O2/c1-13-11-18(26)23-19-16-8-3-4-9-17(16)25(24(13)19)14(2)20(27)22-12-15-7-5-6-10-21-15/h3-11,14H,12H2,1-2H3,(H,22,27). The summed E-state index contributed by atoms with van der Waals surface area (Å²) in [4.78, 5) is 33.1. The number of rotatable bonds is 4. The van der Waals surface area contributed by atoms with Crippen LogP contribution >= 0.6 is 0 Å². The summed E-state index contributed by atoms with van der Waals surface area (Å²) < 4.78 is 3.71. The highest BCUT2D eigenvalue weighted by molar-refractivity contribution is 5.94. The minimum absolute atomic E-state index is 0.138. The van der Waals surface area contributed by atoms with Crippen molar-refractivity contribution in [1.29, 1.82) is 0 Å². The molecule has 4 aromatic rings. The number of nitrogens with zero attached hydrogens (tertiary/aromatic N) is 4. The molecule has 136 valence electrons. The van der Waals surface area contributed by atoms with Gasteiger partial charge in [0, 0.05) is 23.3 Å². The van der Waals surface area contributed by atoms with Crippen LogP contribution in [0.3, 0.4) is 0 Å². The fourth-order valence-electron chi connectivity index (χ4n) is 3.33. The van der Waals surface area contributed by atoms with Crippen molar-refractivity contribution in [1.82, 2.24) is 24.5 Å². The molecule has 3 heterocycles. The molecule has 1 atom stereocenters. The Hall–Kier alpha value is -3.48. The molecule has 0 spiro atoms. The lowest BCUT2D eigenvalue weighted by atomic mass is 10.2. The number of aryl methyl sites for hydroxylation is 1. The van der Waals surface area contributed by atoms with Crippen molar-refractivity contribution in [3.8, 4) is 0 Å². The third kappa shape index (κ3) is 2.97. The first-order valence-corrected chi connectivity index (χ1v) is 8.73. The second-order valence-electron chi connectivity index (χ2n) is 6.45. The topological polar surface area (TPSA) is 81.3 Å². The van der Waals surface area contributed by atoms with Gasteiger partial charge >= 0.3 is 0 Å². The quantitative estimate of drug-likeness (QED) is 0.604. The minimum Gasteiger partial charge on any atom is -0.349 e. The first-order valence-electron chi connectivity index (χ1n) is 8.73. The molecule has 0 saturated heterocycles. The molecule has 1 amide bonds. The molecule has 0 saturated carbocycles. The molecule has 0 aliphatic rings. The van der Waals surface area contributed by atoms with E-state index < -0.39 is 6.04 Å². The van der Waals surface area contributed by atoms with E-state index in [4.69, 9.17) is 0 Å². The number of hydrogen-bond donors (Lipinski definition) is 1. The molecule has 1 unspecified atom stereocenters. The Labute approximate surface area is 155 Å². The largest absolute Gasteiger partial charge is 0.349 e. The Kier molecular flexibility index (Phi) is 4.19. The second-order valence-corrected chi connectivity index (χ2v) is 6.45. The molecule has 0 aliphatic carbocycles. The van der Waals surface area contributed by atoms with Gasteiger partial charge in [-0.1, -0.05) is 18.2 Å². The van der Waals surface area contributed by atoms with Gasteiger partial charge in [0.2, 0.25) is 5.91 Å². The fourth-order valence-corrected chi connectivity index (χ4v) is 3.33. The molecule has 0 aliphatic heterocycles. The highest BCUT2D eigenvalue weighted by Gasteiger charge is 2.22. The van der Waals surface area contributed by atoms with E-state index in [1.807, 2.05) is 65.5 Å². The van der Waals surface area contributed by atoms with Gasteiger partial charge < -0.3 is 5.32 Å². The van der Waals surface area contributed by atoms with Crippen LogP contribution in [-0.4, -0.2) is 25.1 Å². The van der Waals surface area contributed by atoms with E-state index in [0.29, 0.717) is 12.2 Å². The molecule has 0 fully saturated rings. The van der Waals surface area contributed by atoms with Gasteiger partial charge in [0.05, 0.1) is 17.8 Å². The smallest absolute Gasteiger partial charge is 0.273 e. The van der Waals surface area contributed by atoms with Gasteiger partial charge in [0.15, 0.2) is 5.65 Å². The van der Waals surface area contributed by atoms with Crippen molar-refractivity contribution >= 4 is 22.5 Å². The SMILES string of the molecule is Cc1cc(=O)nc2c3ccccc3n(C(C)C(=O)NCc3ccccn3)n12. The van der Waals surface area contributed by atoms with Gasteiger partial charge in [-0.05, 0) is 38.1 Å². The van der Waals surface area contributed by atoms with Crippen LogP contribution in [0.15, 0.2) is 59.5 Å². The van der Waals surface area contributed by atoms with Crippen molar-refractivity contribution in [2.24, 2.45) is 0 Å². The number of carbonyl (C=O) groups excluding carboxylic acids is 1. The Morgan fingerprint density at radius 3 is 2.74 bits per heavy atom. The van der Waals surface area contributed by atoms with Crippen LogP contribution in [0.1, 0.15) is 24.4 Å². The number of fused-ring (bicyclic) bond motifs is 3. The van der Waals surface area contributed by atoms with Crippen molar-refractivity contribution in [3.63, 3.8) is 0 Å². The fraction of sp³-hybridized carbons (Fsp3) is 0.200. The van der Waals surface area contributed by atoms with E-state index in [1.165, 1.54) is 6.07 Å². The van der Waals surface area contributed by atoms with Crippen LogP contribution < -0.4 is 10.9 Å². The highest BCUT2D eigenvalue weighted by Crippen LogP contribution is 2.24. The Bertz CT molecular complexity index is 1190. The third-order valence-corrected chi connectivity index (χ3v) is 4.61. The van der Waals surface area contributed by atoms with Crippen LogP contribution in [0, 0.1) is 6.92 Å². The van der Waals surface area contributed by atoms with Gasteiger partial charge in [-0.25, -0.2) is 4.52 Å². The molecule has 1 N–H and O–H groups in total. The lowest BCUT2D eigenvalue weighted by Gasteiger charge is -2.18. The van der Waals surface area contributed by atoms with Crippen molar-refractivity contribution in [2.45, 2.75) is 26.4 Å². The van der Waals surface area contributed by atoms with Crippen LogP contribution in [0.2, 0.25) is 0 Å². The summed E-state index contributed by atoms with van der Waals surface area (Å²) in [6.45, 7) is 4.02. The van der Waals surface area contributed by atoms with E-state index in [9.17, 15) is 9.59 Å². The number of pyridine rings is 1. The summed E-state index contributed by atoms with van der Waals surface area (Å²) in [5, 5.41) is 3.77. The molecular formula is C20H19N5O2. The predicted molar refractivity (Wildman–Crippen MR) is 102 cm³/mol. The highest BCUT2D eigenvalue weighted by atomic mass is 16.2. The molecule has 1 aromatic carbocycles. The van der Waals surface area contributed by atoms with E-state index in [1.54, 1.807) is 6.20 Å². The molecule has 7 nitrogen and oxygen atoms in total. The van der Waals surface area contributed by atoms with E-state index >= 15 is 0 Å². The van der Waals surface area contributed by atoms with Crippen LogP contribution in [0.4, 0.5) is 0 Å². The number of amides is 1. The Morgan fingerprint density at radius 2 is 1.96 bits per heavy atom. The Balaban J connectivity index is 1.77. The molecular weight excluding hydrogens is 342 g/mol. The average Bonchev–Trinajstić information content (AvgIpc) is 3.01. The average molecular weight is 361 g/mol. The van der Waals surface area contributed by atoms with Gasteiger partial charge in [0.1, 0.15) is 6.04 Å². The monoisotopic (exact) mass is 361 g/mol. The normalized spacial score (nSPS) is 12.4. The van der Waals surface area contributed by atoms with Crippen molar-refractivity contribution < 1.29 is 4.79 Å². The predicted octanol–water partition coefficient (Wildman–Crippen LogP) is 2.23. The minimum atomic E-state index is -0.501. The third-order valence-electron chi connectivity index (χ3n) is 4.61. The number of benzene rings is 1. The van der Waals surface area contributed by atoms with Gasteiger partial charge in [0.25, 0.3) is 5.56 Å². The van der Waals surface area contributed by atoms with Crippen LogP contribution in [-0.2, 0) is 11.3 Å². The second kappa shape index (κ2) is 6.68. The summed E-state index contributed by atoms with van der Waals surface area (Å²) in [5.74, 6) is -0.138. The maximum Gasteiger partial charge on any atom is 0.273 e. The van der Waals surface area contributed by atoms with E-state index in [2.05, 4.69) is 15.3 Å². The molecule has 0 radical (unpaired) electrons. The van der Waals surface area contributed by atoms with Gasteiger partial charge in [-0.2, -0.15) is 4.98 Å². The number of aromatic nitrogens is 4. The Morgan fingerprint density at radius 1 is 1.19 bits per heavy atom.